The highest BCUT2D eigenvalue weighted by atomic mass is 79.9. The summed E-state index contributed by atoms with van der Waals surface area (Å²) in [4.78, 5) is 19.6. The third-order valence-corrected chi connectivity index (χ3v) is 2.00. The van der Waals surface area contributed by atoms with Crippen molar-refractivity contribution in [2.75, 3.05) is 7.11 Å². The number of hydrogen-bond donors (Lipinski definition) is 1. The molecule has 0 spiro atoms. The summed E-state index contributed by atoms with van der Waals surface area (Å²) < 4.78 is 0.540. The molecule has 1 aromatic heterocycles. The Kier molecular flexibility index (Phi) is 3.65. The van der Waals surface area contributed by atoms with Crippen molar-refractivity contribution in [2.24, 2.45) is 0 Å². The molecule has 0 radical (unpaired) electrons. The molecule has 1 aromatic rings. The molecule has 4 nitrogen and oxygen atoms in total. The van der Waals surface area contributed by atoms with Crippen molar-refractivity contribution in [2.45, 2.75) is 0 Å². The van der Waals surface area contributed by atoms with Crippen LogP contribution in [0.25, 0.3) is 0 Å². The van der Waals surface area contributed by atoms with Crippen LogP contribution >= 0.6 is 27.5 Å². The van der Waals surface area contributed by atoms with E-state index in [2.05, 4.69) is 31.2 Å². The van der Waals surface area contributed by atoms with E-state index in [9.17, 15) is 4.79 Å². The second-order valence-electron chi connectivity index (χ2n) is 2.12. The lowest BCUT2D eigenvalue weighted by molar-refractivity contribution is 0.0537. The smallest absolute Gasteiger partial charge is 0.276 e. The third-order valence-electron chi connectivity index (χ3n) is 1.26. The van der Waals surface area contributed by atoms with E-state index in [4.69, 9.17) is 11.6 Å². The summed E-state index contributed by atoms with van der Waals surface area (Å²) in [6.07, 6.45) is 1.39. The van der Waals surface area contributed by atoms with Crippen LogP contribution < -0.4 is 5.48 Å². The fraction of sp³-hybridized carbons (Fsp3) is 0.143. The van der Waals surface area contributed by atoms with Gasteiger partial charge >= 0.3 is 0 Å². The van der Waals surface area contributed by atoms with Crippen LogP contribution in [0.4, 0.5) is 0 Å². The number of aromatic nitrogens is 1. The molecule has 1 heterocycles. The minimum Gasteiger partial charge on any atom is -0.277 e. The molecular formula is C7H6BrClN2O2. The average molecular weight is 265 g/mol. The van der Waals surface area contributed by atoms with Gasteiger partial charge < -0.3 is 0 Å². The zero-order valence-corrected chi connectivity index (χ0v) is 9.02. The minimum atomic E-state index is -0.407. The van der Waals surface area contributed by atoms with Gasteiger partial charge in [-0.2, -0.15) is 0 Å². The van der Waals surface area contributed by atoms with E-state index < -0.39 is 5.91 Å². The van der Waals surface area contributed by atoms with E-state index in [-0.39, 0.29) is 5.02 Å². The predicted octanol–water partition coefficient (Wildman–Crippen LogP) is 1.79. The molecule has 0 aromatic carbocycles. The molecule has 0 aliphatic rings. The first-order valence-electron chi connectivity index (χ1n) is 3.29. The van der Waals surface area contributed by atoms with Crippen LogP contribution in [0, 0.1) is 0 Å². The Bertz CT molecular complexity index is 332. The standard InChI is InChI=1S/C7H6BrClN2O2/c1-13-11-7(12)4-2-6(8)10-3-5(4)9/h2-3H,1H3,(H,11,12). The number of nitrogens with one attached hydrogen (secondary N) is 1. The Labute approximate surface area is 88.3 Å². The number of pyridine rings is 1. The number of hydroxylamine groups is 1. The normalized spacial score (nSPS) is 9.77. The lowest BCUT2D eigenvalue weighted by Crippen LogP contribution is -2.22. The van der Waals surface area contributed by atoms with Gasteiger partial charge in [0.15, 0.2) is 0 Å². The van der Waals surface area contributed by atoms with E-state index in [1.54, 1.807) is 0 Å². The molecule has 0 fully saturated rings. The van der Waals surface area contributed by atoms with Gasteiger partial charge in [0, 0.05) is 6.20 Å². The van der Waals surface area contributed by atoms with Crippen LogP contribution in [0.1, 0.15) is 10.4 Å². The first-order valence-corrected chi connectivity index (χ1v) is 4.46. The van der Waals surface area contributed by atoms with Crippen molar-refractivity contribution in [3.63, 3.8) is 0 Å². The summed E-state index contributed by atoms with van der Waals surface area (Å²) in [6, 6.07) is 1.51. The molecular weight excluding hydrogens is 259 g/mol. The maximum absolute atomic E-state index is 11.2. The van der Waals surface area contributed by atoms with Crippen molar-refractivity contribution in [1.82, 2.24) is 10.5 Å². The SMILES string of the molecule is CONC(=O)c1cc(Br)ncc1Cl. The second-order valence-corrected chi connectivity index (χ2v) is 3.34. The van der Waals surface area contributed by atoms with Gasteiger partial charge in [0.1, 0.15) is 4.60 Å². The van der Waals surface area contributed by atoms with Gasteiger partial charge in [-0.05, 0) is 22.0 Å². The molecule has 0 atom stereocenters. The maximum Gasteiger partial charge on any atom is 0.276 e. The Balaban J connectivity index is 2.99. The molecule has 70 valence electrons. The van der Waals surface area contributed by atoms with Crippen LogP contribution in [-0.2, 0) is 4.84 Å². The van der Waals surface area contributed by atoms with Gasteiger partial charge in [-0.1, -0.05) is 11.6 Å². The van der Waals surface area contributed by atoms with Gasteiger partial charge in [-0.15, -0.1) is 0 Å². The number of carbonyl (C=O) groups excluding carboxylic acids is 1. The van der Waals surface area contributed by atoms with Crippen LogP contribution in [0.5, 0.6) is 0 Å². The molecule has 1 amide bonds. The zero-order chi connectivity index (χ0) is 9.84. The number of halogens is 2. The maximum atomic E-state index is 11.2. The lowest BCUT2D eigenvalue weighted by atomic mass is 10.2. The lowest BCUT2D eigenvalue weighted by Gasteiger charge is -2.03. The van der Waals surface area contributed by atoms with Crippen molar-refractivity contribution in [3.05, 3.63) is 27.5 Å². The number of hydrogen-bond acceptors (Lipinski definition) is 3. The molecule has 0 saturated carbocycles. The first kappa shape index (κ1) is 10.4. The Morgan fingerprint density at radius 3 is 3.08 bits per heavy atom. The number of amides is 1. The van der Waals surface area contributed by atoms with Crippen LogP contribution in [0.3, 0.4) is 0 Å². The summed E-state index contributed by atoms with van der Waals surface area (Å²) in [5, 5.41) is 0.276. The van der Waals surface area contributed by atoms with Gasteiger partial charge in [-0.3, -0.25) is 9.63 Å². The van der Waals surface area contributed by atoms with E-state index >= 15 is 0 Å². The number of carbonyl (C=O) groups is 1. The summed E-state index contributed by atoms with van der Waals surface area (Å²) >= 11 is 8.85. The Morgan fingerprint density at radius 1 is 1.77 bits per heavy atom. The Morgan fingerprint density at radius 2 is 2.46 bits per heavy atom. The topological polar surface area (TPSA) is 51.2 Å². The van der Waals surface area contributed by atoms with E-state index in [0.717, 1.165) is 0 Å². The largest absolute Gasteiger partial charge is 0.277 e. The summed E-state index contributed by atoms with van der Waals surface area (Å²) in [5.41, 5.74) is 2.47. The fourth-order valence-corrected chi connectivity index (χ4v) is 1.26. The van der Waals surface area contributed by atoms with E-state index in [1.807, 2.05) is 0 Å². The quantitative estimate of drug-likeness (QED) is 0.655. The molecule has 1 rings (SSSR count). The van der Waals surface area contributed by atoms with Crippen LogP contribution in [0.15, 0.2) is 16.9 Å². The second kappa shape index (κ2) is 4.55. The molecule has 6 heteroatoms. The minimum absolute atomic E-state index is 0.276. The van der Waals surface area contributed by atoms with Gasteiger partial charge in [0.2, 0.25) is 0 Å². The fourth-order valence-electron chi connectivity index (χ4n) is 0.735. The molecule has 0 aliphatic carbocycles. The zero-order valence-electron chi connectivity index (χ0n) is 6.67. The van der Waals surface area contributed by atoms with Crippen molar-refractivity contribution < 1.29 is 9.63 Å². The van der Waals surface area contributed by atoms with Crippen LogP contribution in [0.2, 0.25) is 5.02 Å². The summed E-state index contributed by atoms with van der Waals surface area (Å²) in [5.74, 6) is -0.407. The summed E-state index contributed by atoms with van der Waals surface area (Å²) in [7, 11) is 1.35. The van der Waals surface area contributed by atoms with Crippen LogP contribution in [-0.4, -0.2) is 18.0 Å². The molecule has 0 bridgehead atoms. The number of nitrogens with zero attached hydrogens (tertiary/aromatic N) is 1. The highest BCUT2D eigenvalue weighted by molar-refractivity contribution is 9.10. The first-order chi connectivity index (χ1) is 6.15. The molecule has 0 saturated heterocycles. The molecule has 13 heavy (non-hydrogen) atoms. The van der Waals surface area contributed by atoms with E-state index in [1.165, 1.54) is 19.4 Å². The van der Waals surface area contributed by atoms with Crippen molar-refractivity contribution >= 4 is 33.4 Å². The molecule has 0 aliphatic heterocycles. The number of rotatable bonds is 2. The predicted molar refractivity (Wildman–Crippen MR) is 51.4 cm³/mol. The average Bonchev–Trinajstić information content (AvgIpc) is 2.09. The molecule has 1 N–H and O–H groups in total. The highest BCUT2D eigenvalue weighted by Crippen LogP contribution is 2.17. The monoisotopic (exact) mass is 264 g/mol. The van der Waals surface area contributed by atoms with Gasteiger partial charge in [0.05, 0.1) is 17.7 Å². The molecule has 0 unspecified atom stereocenters. The van der Waals surface area contributed by atoms with Crippen molar-refractivity contribution in [3.8, 4) is 0 Å². The van der Waals surface area contributed by atoms with Gasteiger partial charge in [-0.25, -0.2) is 10.5 Å². The highest BCUT2D eigenvalue weighted by Gasteiger charge is 2.10. The third kappa shape index (κ3) is 2.65. The summed E-state index contributed by atoms with van der Waals surface area (Å²) in [6.45, 7) is 0. The van der Waals surface area contributed by atoms with E-state index in [0.29, 0.717) is 10.2 Å². The Hall–Kier alpha value is -0.650. The van der Waals surface area contributed by atoms with Gasteiger partial charge in [0.25, 0.3) is 5.91 Å². The van der Waals surface area contributed by atoms with Crippen molar-refractivity contribution in [1.29, 1.82) is 0 Å².